The molecule has 1 aromatic carbocycles. The maximum atomic E-state index is 12.0. The molecule has 2 unspecified atom stereocenters. The van der Waals surface area contributed by atoms with E-state index in [1.807, 2.05) is 0 Å². The van der Waals surface area contributed by atoms with E-state index in [1.165, 1.54) is 31.4 Å². The second-order valence-electron chi connectivity index (χ2n) is 5.22. The van der Waals surface area contributed by atoms with Crippen molar-refractivity contribution in [3.8, 4) is 0 Å². The van der Waals surface area contributed by atoms with Gasteiger partial charge in [0.15, 0.2) is 0 Å². The molecule has 1 aliphatic rings. The van der Waals surface area contributed by atoms with Gasteiger partial charge in [-0.15, -0.1) is 0 Å². The Kier molecular flexibility index (Phi) is 5.59. The lowest BCUT2D eigenvalue weighted by molar-refractivity contribution is 0.0493. The standard InChI is InChI=1S/C15H17Cl3O2/c1-2-3-9-6-10(9)4-5-20-15(19)12-7-11(16)8-13(17)14(12)18/h7-10H,2-6H2,1H3. The van der Waals surface area contributed by atoms with Gasteiger partial charge in [-0.25, -0.2) is 4.79 Å². The van der Waals surface area contributed by atoms with Crippen LogP contribution in [0.2, 0.25) is 15.1 Å². The Hall–Kier alpha value is -0.440. The van der Waals surface area contributed by atoms with Crippen molar-refractivity contribution in [2.24, 2.45) is 11.8 Å². The minimum Gasteiger partial charge on any atom is -0.462 e. The highest BCUT2D eigenvalue weighted by molar-refractivity contribution is 6.45. The monoisotopic (exact) mass is 334 g/mol. The van der Waals surface area contributed by atoms with E-state index in [2.05, 4.69) is 6.92 Å². The van der Waals surface area contributed by atoms with Crippen molar-refractivity contribution in [1.29, 1.82) is 0 Å². The summed E-state index contributed by atoms with van der Waals surface area (Å²) in [6.07, 6.45) is 4.67. The fraction of sp³-hybridized carbons (Fsp3) is 0.533. The van der Waals surface area contributed by atoms with Crippen LogP contribution in [0.3, 0.4) is 0 Å². The van der Waals surface area contributed by atoms with Crippen LogP contribution in [-0.4, -0.2) is 12.6 Å². The van der Waals surface area contributed by atoms with Gasteiger partial charge in [-0.1, -0.05) is 54.6 Å². The third-order valence-electron chi connectivity index (χ3n) is 3.66. The molecule has 1 saturated carbocycles. The zero-order valence-corrected chi connectivity index (χ0v) is 13.6. The highest BCUT2D eigenvalue weighted by Gasteiger charge is 2.35. The summed E-state index contributed by atoms with van der Waals surface area (Å²) in [7, 11) is 0. The molecule has 1 aliphatic carbocycles. The van der Waals surface area contributed by atoms with E-state index < -0.39 is 5.97 Å². The van der Waals surface area contributed by atoms with Crippen LogP contribution >= 0.6 is 34.8 Å². The zero-order valence-electron chi connectivity index (χ0n) is 11.3. The largest absolute Gasteiger partial charge is 0.462 e. The number of carbonyl (C=O) groups excluding carboxylic acids is 1. The van der Waals surface area contributed by atoms with Crippen molar-refractivity contribution in [2.75, 3.05) is 6.61 Å². The van der Waals surface area contributed by atoms with E-state index in [1.54, 1.807) is 0 Å². The van der Waals surface area contributed by atoms with Gasteiger partial charge in [0.05, 0.1) is 22.2 Å². The molecule has 2 rings (SSSR count). The Morgan fingerprint density at radius 2 is 1.95 bits per heavy atom. The summed E-state index contributed by atoms with van der Waals surface area (Å²) in [5, 5.41) is 0.823. The zero-order chi connectivity index (χ0) is 14.7. The van der Waals surface area contributed by atoms with Crippen molar-refractivity contribution >= 4 is 40.8 Å². The molecular weight excluding hydrogens is 319 g/mol. The maximum Gasteiger partial charge on any atom is 0.339 e. The summed E-state index contributed by atoms with van der Waals surface area (Å²) in [4.78, 5) is 12.0. The number of ether oxygens (including phenoxy) is 1. The molecule has 1 aromatic rings. The number of hydrogen-bond donors (Lipinski definition) is 0. The summed E-state index contributed by atoms with van der Waals surface area (Å²) >= 11 is 17.7. The maximum absolute atomic E-state index is 12.0. The van der Waals surface area contributed by atoms with Crippen LogP contribution in [0.1, 0.15) is 43.0 Å². The van der Waals surface area contributed by atoms with E-state index >= 15 is 0 Å². The number of esters is 1. The molecule has 0 heterocycles. The van der Waals surface area contributed by atoms with E-state index in [0.29, 0.717) is 17.5 Å². The highest BCUT2D eigenvalue weighted by atomic mass is 35.5. The van der Waals surface area contributed by atoms with E-state index in [-0.39, 0.29) is 15.6 Å². The Bertz CT molecular complexity index is 502. The van der Waals surface area contributed by atoms with Crippen molar-refractivity contribution < 1.29 is 9.53 Å². The molecule has 0 aromatic heterocycles. The first-order valence-electron chi connectivity index (χ1n) is 6.84. The topological polar surface area (TPSA) is 26.3 Å². The molecule has 0 amide bonds. The van der Waals surface area contributed by atoms with Crippen LogP contribution < -0.4 is 0 Å². The fourth-order valence-corrected chi connectivity index (χ4v) is 3.15. The Balaban J connectivity index is 1.84. The molecule has 0 spiro atoms. The van der Waals surface area contributed by atoms with Gasteiger partial charge in [-0.05, 0) is 36.8 Å². The van der Waals surface area contributed by atoms with E-state index in [4.69, 9.17) is 39.5 Å². The van der Waals surface area contributed by atoms with Crippen molar-refractivity contribution in [1.82, 2.24) is 0 Å². The molecule has 0 bridgehead atoms. The molecule has 2 atom stereocenters. The first-order valence-corrected chi connectivity index (χ1v) is 7.98. The fourth-order valence-electron chi connectivity index (χ4n) is 2.47. The smallest absolute Gasteiger partial charge is 0.339 e. The van der Waals surface area contributed by atoms with Gasteiger partial charge in [0, 0.05) is 5.02 Å². The van der Waals surface area contributed by atoms with Gasteiger partial charge >= 0.3 is 5.97 Å². The van der Waals surface area contributed by atoms with Crippen molar-refractivity contribution in [2.45, 2.75) is 32.6 Å². The third-order valence-corrected chi connectivity index (χ3v) is 4.68. The first kappa shape index (κ1) is 15.9. The third kappa shape index (κ3) is 4.03. The highest BCUT2D eigenvalue weighted by Crippen LogP contribution is 2.44. The average Bonchev–Trinajstić information content (AvgIpc) is 3.12. The van der Waals surface area contributed by atoms with Gasteiger partial charge in [0.2, 0.25) is 0 Å². The summed E-state index contributed by atoms with van der Waals surface area (Å²) < 4.78 is 5.26. The minimum absolute atomic E-state index is 0.191. The van der Waals surface area contributed by atoms with Crippen molar-refractivity contribution in [3.05, 3.63) is 32.8 Å². The van der Waals surface area contributed by atoms with Gasteiger partial charge in [0.1, 0.15) is 0 Å². The van der Waals surface area contributed by atoms with Crippen LogP contribution in [-0.2, 0) is 4.74 Å². The van der Waals surface area contributed by atoms with E-state index in [9.17, 15) is 4.79 Å². The quantitative estimate of drug-likeness (QED) is 0.497. The minimum atomic E-state index is -0.466. The SMILES string of the molecule is CCCC1CC1CCOC(=O)c1cc(Cl)cc(Cl)c1Cl. The lowest BCUT2D eigenvalue weighted by Gasteiger charge is -2.08. The molecule has 1 fully saturated rings. The molecule has 0 saturated heterocycles. The average molecular weight is 336 g/mol. The number of halogens is 3. The number of rotatable bonds is 6. The van der Waals surface area contributed by atoms with E-state index in [0.717, 1.165) is 12.3 Å². The van der Waals surface area contributed by atoms with Gasteiger partial charge in [-0.2, -0.15) is 0 Å². The van der Waals surface area contributed by atoms with Crippen LogP contribution in [0.4, 0.5) is 0 Å². The lowest BCUT2D eigenvalue weighted by atomic mass is 10.2. The normalized spacial score (nSPS) is 20.8. The molecule has 0 radical (unpaired) electrons. The number of carbonyl (C=O) groups is 1. The second kappa shape index (κ2) is 7.02. The summed E-state index contributed by atoms with van der Waals surface area (Å²) in [5.41, 5.74) is 0.227. The lowest BCUT2D eigenvalue weighted by Crippen LogP contribution is -2.08. The summed E-state index contributed by atoms with van der Waals surface area (Å²) in [6, 6.07) is 2.98. The molecular formula is C15H17Cl3O2. The number of hydrogen-bond acceptors (Lipinski definition) is 2. The predicted molar refractivity (Wildman–Crippen MR) is 82.9 cm³/mol. The van der Waals surface area contributed by atoms with Crippen LogP contribution in [0.5, 0.6) is 0 Å². The Labute approximate surface area is 134 Å². The molecule has 2 nitrogen and oxygen atoms in total. The van der Waals surface area contributed by atoms with Gasteiger partial charge < -0.3 is 4.74 Å². The summed E-state index contributed by atoms with van der Waals surface area (Å²) in [6.45, 7) is 2.62. The second-order valence-corrected chi connectivity index (χ2v) is 6.44. The van der Waals surface area contributed by atoms with Crippen LogP contribution in [0, 0.1) is 11.8 Å². The molecule has 20 heavy (non-hydrogen) atoms. The number of benzene rings is 1. The molecule has 0 N–H and O–H groups in total. The predicted octanol–water partition coefficient (Wildman–Crippen LogP) is 5.63. The molecule has 110 valence electrons. The summed E-state index contributed by atoms with van der Waals surface area (Å²) in [5.74, 6) is 1.07. The Morgan fingerprint density at radius 1 is 1.25 bits per heavy atom. The van der Waals surface area contributed by atoms with Crippen molar-refractivity contribution in [3.63, 3.8) is 0 Å². The van der Waals surface area contributed by atoms with Gasteiger partial charge in [0.25, 0.3) is 0 Å². The Morgan fingerprint density at radius 3 is 2.65 bits per heavy atom. The van der Waals surface area contributed by atoms with Crippen LogP contribution in [0.15, 0.2) is 12.1 Å². The van der Waals surface area contributed by atoms with Crippen LogP contribution in [0.25, 0.3) is 0 Å². The molecule has 0 aliphatic heterocycles. The molecule has 5 heteroatoms. The first-order chi connectivity index (χ1) is 9.52. The van der Waals surface area contributed by atoms with Gasteiger partial charge in [-0.3, -0.25) is 0 Å².